The molecule has 4 rings (SSSR count). The molecule has 1 aliphatic heterocycles. The van der Waals surface area contributed by atoms with Crippen LogP contribution in [0.25, 0.3) is 0 Å². The van der Waals surface area contributed by atoms with Crippen molar-refractivity contribution in [2.24, 2.45) is 0 Å². The zero-order valence-corrected chi connectivity index (χ0v) is 22.0. The molecule has 0 unspecified atom stereocenters. The lowest BCUT2D eigenvalue weighted by Gasteiger charge is -2.40. The van der Waals surface area contributed by atoms with Gasteiger partial charge in [0.15, 0.2) is 5.13 Å². The fraction of sp³-hybridized carbons (Fsp3) is 0.654. The van der Waals surface area contributed by atoms with Crippen LogP contribution in [-0.4, -0.2) is 50.3 Å². The van der Waals surface area contributed by atoms with Gasteiger partial charge in [-0.05, 0) is 39.0 Å². The minimum absolute atomic E-state index is 0.0418. The minimum Gasteiger partial charge on any atom is -0.350 e. The number of carbonyl (C=O) groups is 2. The molecule has 0 atom stereocenters. The average Bonchev–Trinajstić information content (AvgIpc) is 3.23. The molecule has 1 saturated carbocycles. The summed E-state index contributed by atoms with van der Waals surface area (Å²) in [5.41, 5.74) is 0.672. The summed E-state index contributed by atoms with van der Waals surface area (Å²) in [5.74, 6) is 2.00. The number of hydrogen-bond donors (Lipinski definition) is 2. The van der Waals surface area contributed by atoms with Gasteiger partial charge in [-0.1, -0.05) is 32.6 Å². The van der Waals surface area contributed by atoms with E-state index in [9.17, 15) is 9.59 Å². The number of thiazole rings is 1. The number of aromatic nitrogens is 3. The van der Waals surface area contributed by atoms with Gasteiger partial charge in [-0.15, -0.1) is 11.3 Å². The van der Waals surface area contributed by atoms with Crippen molar-refractivity contribution in [2.45, 2.75) is 96.4 Å². The van der Waals surface area contributed by atoms with Crippen molar-refractivity contribution in [1.82, 2.24) is 25.2 Å². The molecule has 0 spiro atoms. The summed E-state index contributed by atoms with van der Waals surface area (Å²) in [6, 6.07) is 2.02. The number of carbonyl (C=O) groups excluding carboxylic acids is 2. The van der Waals surface area contributed by atoms with E-state index < -0.39 is 0 Å². The summed E-state index contributed by atoms with van der Waals surface area (Å²) >= 11 is 1.61. The first-order valence-electron chi connectivity index (χ1n) is 13.0. The molecular formula is C26H38N6O2S. The number of anilines is 2. The summed E-state index contributed by atoms with van der Waals surface area (Å²) in [5, 5.41) is 7.32. The van der Waals surface area contributed by atoms with E-state index in [1.165, 1.54) is 6.42 Å². The Morgan fingerprint density at radius 3 is 2.54 bits per heavy atom. The van der Waals surface area contributed by atoms with Gasteiger partial charge in [0, 0.05) is 60.7 Å². The maximum atomic E-state index is 13.2. The van der Waals surface area contributed by atoms with Gasteiger partial charge in [-0.25, -0.2) is 15.0 Å². The van der Waals surface area contributed by atoms with Gasteiger partial charge in [0.2, 0.25) is 11.8 Å². The van der Waals surface area contributed by atoms with Gasteiger partial charge < -0.3 is 15.5 Å². The van der Waals surface area contributed by atoms with Crippen LogP contribution in [0.5, 0.6) is 0 Å². The molecule has 0 bridgehead atoms. The summed E-state index contributed by atoms with van der Waals surface area (Å²) in [4.78, 5) is 42.3. The van der Waals surface area contributed by atoms with Gasteiger partial charge in [0.1, 0.15) is 11.6 Å². The number of nitrogens with zero attached hydrogens (tertiary/aromatic N) is 4. The first-order valence-corrected chi connectivity index (χ1v) is 13.8. The SMILES string of the molecule is CCCc1cc(Nc2ncc(C)s2)nc(C2CCN(C(=O)CC3(NC(C)=O)CCCCC3)CC2)n1. The third-order valence-electron chi connectivity index (χ3n) is 7.11. The molecule has 2 fully saturated rings. The number of likely N-dealkylation sites (tertiary alicyclic amines) is 1. The predicted octanol–water partition coefficient (Wildman–Crippen LogP) is 4.87. The molecule has 2 amide bonds. The fourth-order valence-electron chi connectivity index (χ4n) is 5.41. The molecule has 35 heavy (non-hydrogen) atoms. The van der Waals surface area contributed by atoms with E-state index in [2.05, 4.69) is 22.5 Å². The van der Waals surface area contributed by atoms with E-state index >= 15 is 0 Å². The van der Waals surface area contributed by atoms with Crippen LogP contribution in [0.15, 0.2) is 12.3 Å². The summed E-state index contributed by atoms with van der Waals surface area (Å²) < 4.78 is 0. The molecule has 2 N–H and O–H groups in total. The Labute approximate surface area is 212 Å². The van der Waals surface area contributed by atoms with Crippen LogP contribution in [0.4, 0.5) is 10.9 Å². The van der Waals surface area contributed by atoms with Gasteiger partial charge in [-0.3, -0.25) is 9.59 Å². The predicted molar refractivity (Wildman–Crippen MR) is 139 cm³/mol. The summed E-state index contributed by atoms with van der Waals surface area (Å²) in [7, 11) is 0. The number of piperidine rings is 1. The molecule has 2 aromatic heterocycles. The maximum Gasteiger partial charge on any atom is 0.224 e. The second kappa shape index (κ2) is 11.5. The quantitative estimate of drug-likeness (QED) is 0.538. The molecule has 190 valence electrons. The van der Waals surface area contributed by atoms with Crippen LogP contribution in [0, 0.1) is 6.92 Å². The van der Waals surface area contributed by atoms with E-state index in [0.717, 1.165) is 78.7 Å². The average molecular weight is 499 g/mol. The highest BCUT2D eigenvalue weighted by molar-refractivity contribution is 7.15. The highest BCUT2D eigenvalue weighted by Gasteiger charge is 2.37. The summed E-state index contributed by atoms with van der Waals surface area (Å²) in [6.45, 7) is 7.16. The lowest BCUT2D eigenvalue weighted by Crippen LogP contribution is -2.53. The first kappa shape index (κ1) is 25.5. The second-order valence-corrected chi connectivity index (χ2v) is 11.3. The zero-order valence-electron chi connectivity index (χ0n) is 21.2. The van der Waals surface area contributed by atoms with Crippen molar-refractivity contribution >= 4 is 34.1 Å². The molecule has 3 heterocycles. The number of amides is 2. The highest BCUT2D eigenvalue weighted by atomic mass is 32.1. The monoisotopic (exact) mass is 498 g/mol. The van der Waals surface area contributed by atoms with Gasteiger partial charge in [0.05, 0.1) is 0 Å². The van der Waals surface area contributed by atoms with Crippen LogP contribution >= 0.6 is 11.3 Å². The van der Waals surface area contributed by atoms with E-state index in [1.54, 1.807) is 18.3 Å². The lowest BCUT2D eigenvalue weighted by molar-refractivity contribution is -0.135. The lowest BCUT2D eigenvalue weighted by atomic mass is 9.78. The Hall–Kier alpha value is -2.55. The normalized spacial score (nSPS) is 18.3. The van der Waals surface area contributed by atoms with Crippen molar-refractivity contribution in [3.05, 3.63) is 28.7 Å². The molecule has 2 aromatic rings. The fourth-order valence-corrected chi connectivity index (χ4v) is 6.08. The van der Waals surface area contributed by atoms with Crippen molar-refractivity contribution in [2.75, 3.05) is 18.4 Å². The van der Waals surface area contributed by atoms with E-state index in [1.807, 2.05) is 24.1 Å². The van der Waals surface area contributed by atoms with Gasteiger partial charge in [0.25, 0.3) is 0 Å². The minimum atomic E-state index is -0.371. The van der Waals surface area contributed by atoms with E-state index in [0.29, 0.717) is 19.5 Å². The molecule has 9 heteroatoms. The zero-order chi connectivity index (χ0) is 24.8. The number of aryl methyl sites for hydroxylation is 2. The third-order valence-corrected chi connectivity index (χ3v) is 7.94. The second-order valence-electron chi connectivity index (χ2n) is 10.1. The van der Waals surface area contributed by atoms with Crippen LogP contribution < -0.4 is 10.6 Å². The molecular weight excluding hydrogens is 460 g/mol. The standard InChI is InChI=1S/C26H38N6O2S/c1-4-8-21-15-22(30-25-27-17-18(2)35-25)29-24(28-21)20-9-13-32(14-10-20)23(34)16-26(31-19(3)33)11-6-5-7-12-26/h15,17,20H,4-14,16H2,1-3H3,(H,31,33)(H,27,28,29,30). The molecule has 8 nitrogen and oxygen atoms in total. The Bertz CT molecular complexity index is 1020. The van der Waals surface area contributed by atoms with Crippen LogP contribution in [-0.2, 0) is 16.0 Å². The van der Waals surface area contributed by atoms with Crippen molar-refractivity contribution < 1.29 is 9.59 Å². The van der Waals surface area contributed by atoms with Crippen LogP contribution in [0.2, 0.25) is 0 Å². The molecule has 0 aromatic carbocycles. The maximum absolute atomic E-state index is 13.2. The Balaban J connectivity index is 1.40. The van der Waals surface area contributed by atoms with E-state index in [4.69, 9.17) is 9.97 Å². The van der Waals surface area contributed by atoms with Crippen molar-refractivity contribution in [3.8, 4) is 0 Å². The van der Waals surface area contributed by atoms with Crippen LogP contribution in [0.1, 0.15) is 93.9 Å². The summed E-state index contributed by atoms with van der Waals surface area (Å²) in [6.07, 6.45) is 11.0. The highest BCUT2D eigenvalue weighted by Crippen LogP contribution is 2.33. The van der Waals surface area contributed by atoms with E-state index in [-0.39, 0.29) is 23.3 Å². The van der Waals surface area contributed by atoms with Crippen molar-refractivity contribution in [3.63, 3.8) is 0 Å². The first-order chi connectivity index (χ1) is 16.9. The van der Waals surface area contributed by atoms with Crippen molar-refractivity contribution in [1.29, 1.82) is 0 Å². The van der Waals surface area contributed by atoms with Gasteiger partial charge >= 0.3 is 0 Å². The topological polar surface area (TPSA) is 100 Å². The Morgan fingerprint density at radius 1 is 1.17 bits per heavy atom. The Kier molecular flexibility index (Phi) is 8.36. The number of hydrogen-bond acceptors (Lipinski definition) is 7. The molecule has 1 aliphatic carbocycles. The smallest absolute Gasteiger partial charge is 0.224 e. The number of nitrogens with one attached hydrogen (secondary N) is 2. The molecule has 0 radical (unpaired) electrons. The van der Waals surface area contributed by atoms with Crippen LogP contribution in [0.3, 0.4) is 0 Å². The molecule has 2 aliphatic rings. The Morgan fingerprint density at radius 2 is 1.91 bits per heavy atom. The third kappa shape index (κ3) is 6.78. The number of rotatable bonds is 8. The largest absolute Gasteiger partial charge is 0.350 e. The molecule has 1 saturated heterocycles. The van der Waals surface area contributed by atoms with Gasteiger partial charge in [-0.2, -0.15) is 0 Å².